The second kappa shape index (κ2) is 7.03. The fourth-order valence-electron chi connectivity index (χ4n) is 6.75. The lowest BCUT2D eigenvalue weighted by atomic mass is 9.56. The van der Waals surface area contributed by atoms with Crippen LogP contribution in [0.4, 0.5) is 0 Å². The molecule has 1 saturated carbocycles. The summed E-state index contributed by atoms with van der Waals surface area (Å²) in [5.41, 5.74) is 0.350. The second-order valence-electron chi connectivity index (χ2n) is 11.8. The SMILES string of the molecule is Cc1cc(O)cc2c1OCC(C)(CC(=O)CC1(C)CC3C(O)=CC(O)=CC1(C)C3(C)C)C2. The van der Waals surface area contributed by atoms with Gasteiger partial charge in [0.1, 0.15) is 23.0 Å². The number of aliphatic hydroxyl groups excluding tert-OH is 2. The number of aryl methyl sites for hydroxylation is 1. The molecule has 0 amide bonds. The predicted molar refractivity (Wildman–Crippen MR) is 124 cm³/mol. The highest BCUT2D eigenvalue weighted by Crippen LogP contribution is 2.69. The first kappa shape index (κ1) is 22.8. The molecule has 4 atom stereocenters. The molecule has 3 aliphatic rings. The van der Waals surface area contributed by atoms with Gasteiger partial charge in [-0.1, -0.05) is 34.6 Å². The summed E-state index contributed by atoms with van der Waals surface area (Å²) in [6.07, 6.45) is 5.43. The van der Waals surface area contributed by atoms with Crippen molar-refractivity contribution in [1.29, 1.82) is 0 Å². The van der Waals surface area contributed by atoms with Crippen molar-refractivity contribution in [2.24, 2.45) is 27.6 Å². The molecule has 2 aliphatic carbocycles. The Morgan fingerprint density at radius 3 is 2.47 bits per heavy atom. The summed E-state index contributed by atoms with van der Waals surface area (Å²) in [6, 6.07) is 3.44. The average molecular weight is 441 g/mol. The minimum Gasteiger partial charge on any atom is -0.512 e. The van der Waals surface area contributed by atoms with Gasteiger partial charge in [-0.15, -0.1) is 0 Å². The summed E-state index contributed by atoms with van der Waals surface area (Å²) in [4.78, 5) is 13.4. The molecule has 1 aromatic rings. The molecule has 0 aromatic heterocycles. The van der Waals surface area contributed by atoms with E-state index in [2.05, 4.69) is 34.6 Å². The third-order valence-corrected chi connectivity index (χ3v) is 8.94. The lowest BCUT2D eigenvalue weighted by molar-refractivity contribution is -0.125. The summed E-state index contributed by atoms with van der Waals surface area (Å²) in [7, 11) is 0. The van der Waals surface area contributed by atoms with Crippen molar-refractivity contribution < 1.29 is 24.9 Å². The van der Waals surface area contributed by atoms with Crippen LogP contribution in [-0.2, 0) is 11.2 Å². The maximum absolute atomic E-state index is 13.4. The van der Waals surface area contributed by atoms with Crippen LogP contribution in [0.15, 0.2) is 35.8 Å². The van der Waals surface area contributed by atoms with Gasteiger partial charge in [0.05, 0.1) is 12.4 Å². The molecule has 1 aliphatic heterocycles. The molecule has 0 saturated heterocycles. The monoisotopic (exact) mass is 440 g/mol. The number of ether oxygens (including phenoxy) is 1. The zero-order valence-corrected chi connectivity index (χ0v) is 20.1. The van der Waals surface area contributed by atoms with Gasteiger partial charge >= 0.3 is 0 Å². The number of allylic oxidation sites excluding steroid dienone is 3. The van der Waals surface area contributed by atoms with Crippen LogP contribution in [0.2, 0.25) is 0 Å². The second-order valence-corrected chi connectivity index (χ2v) is 11.8. The predicted octanol–water partition coefficient (Wildman–Crippen LogP) is 5.95. The third-order valence-electron chi connectivity index (χ3n) is 8.94. The lowest BCUT2D eigenvalue weighted by Gasteiger charge is -2.47. The Morgan fingerprint density at radius 2 is 1.78 bits per heavy atom. The highest BCUT2D eigenvalue weighted by Gasteiger charge is 2.64. The van der Waals surface area contributed by atoms with Crippen molar-refractivity contribution in [3.8, 4) is 11.5 Å². The van der Waals surface area contributed by atoms with Gasteiger partial charge in [0.2, 0.25) is 0 Å². The van der Waals surface area contributed by atoms with Gasteiger partial charge in [-0.05, 0) is 59.9 Å². The first-order valence-corrected chi connectivity index (χ1v) is 11.5. The minimum atomic E-state index is -0.454. The molecule has 2 bridgehead atoms. The van der Waals surface area contributed by atoms with Crippen molar-refractivity contribution >= 4 is 5.78 Å². The maximum atomic E-state index is 13.4. The number of Topliss-reactive ketones (excluding diaryl/α,β-unsaturated/α-hetero) is 1. The number of phenolic OH excluding ortho intramolecular Hbond substituents is 1. The number of phenols is 1. The summed E-state index contributed by atoms with van der Waals surface area (Å²) in [5.74, 6) is 1.35. The molecular weight excluding hydrogens is 404 g/mol. The van der Waals surface area contributed by atoms with Crippen LogP contribution in [0.25, 0.3) is 0 Å². The number of benzene rings is 1. The molecule has 1 aromatic carbocycles. The van der Waals surface area contributed by atoms with E-state index in [1.165, 1.54) is 6.08 Å². The van der Waals surface area contributed by atoms with Crippen molar-refractivity contribution in [2.45, 2.75) is 67.2 Å². The molecule has 0 radical (unpaired) electrons. The highest BCUT2D eigenvalue weighted by molar-refractivity contribution is 5.80. The fourth-order valence-corrected chi connectivity index (χ4v) is 6.75. The number of aliphatic hydroxyl groups is 2. The largest absolute Gasteiger partial charge is 0.512 e. The standard InChI is InChI=1S/C27H36O5/c1-16-7-18(28)8-17-10-25(4,15-32-23(16)17)11-20(30)12-26(5)14-21-22(31)9-19(29)13-27(26,6)24(21,2)3/h7-9,13,21,28-29,31H,10-12,14-15H2,1-6H3. The molecular formula is C27H36O5. The third kappa shape index (κ3) is 3.32. The fraction of sp³-hybridized carbons (Fsp3) is 0.593. The first-order chi connectivity index (χ1) is 14.7. The van der Waals surface area contributed by atoms with Crippen LogP contribution in [0.3, 0.4) is 0 Å². The van der Waals surface area contributed by atoms with Crippen LogP contribution in [-0.4, -0.2) is 27.7 Å². The van der Waals surface area contributed by atoms with Crippen LogP contribution in [0, 0.1) is 34.5 Å². The van der Waals surface area contributed by atoms with Gasteiger partial charge < -0.3 is 20.1 Å². The molecule has 4 rings (SSSR count). The van der Waals surface area contributed by atoms with Gasteiger partial charge in [-0.3, -0.25) is 4.79 Å². The van der Waals surface area contributed by atoms with E-state index in [1.54, 1.807) is 12.1 Å². The zero-order chi connectivity index (χ0) is 23.7. The summed E-state index contributed by atoms with van der Waals surface area (Å²) in [6.45, 7) is 12.9. The molecule has 3 N–H and O–H groups in total. The molecule has 1 fully saturated rings. The summed E-state index contributed by atoms with van der Waals surface area (Å²) in [5, 5.41) is 31.0. The number of carbonyl (C=O) groups excluding carboxylic acids is 1. The number of ketones is 1. The van der Waals surface area contributed by atoms with Gasteiger partial charge in [0.15, 0.2) is 0 Å². The molecule has 5 heteroatoms. The van der Waals surface area contributed by atoms with E-state index < -0.39 is 10.8 Å². The molecule has 32 heavy (non-hydrogen) atoms. The smallest absolute Gasteiger partial charge is 0.134 e. The van der Waals surface area contributed by atoms with E-state index in [1.807, 2.05) is 13.0 Å². The van der Waals surface area contributed by atoms with Gasteiger partial charge in [-0.2, -0.15) is 0 Å². The van der Waals surface area contributed by atoms with E-state index >= 15 is 0 Å². The molecule has 0 spiro atoms. The first-order valence-electron chi connectivity index (χ1n) is 11.5. The minimum absolute atomic E-state index is 0.0679. The van der Waals surface area contributed by atoms with Crippen molar-refractivity contribution in [3.63, 3.8) is 0 Å². The van der Waals surface area contributed by atoms with Crippen molar-refractivity contribution in [2.75, 3.05) is 6.61 Å². The van der Waals surface area contributed by atoms with E-state index in [0.717, 1.165) is 16.9 Å². The number of carbonyl (C=O) groups is 1. The van der Waals surface area contributed by atoms with E-state index in [-0.39, 0.29) is 39.8 Å². The van der Waals surface area contributed by atoms with Crippen LogP contribution in [0.5, 0.6) is 11.5 Å². The van der Waals surface area contributed by atoms with Crippen molar-refractivity contribution in [3.05, 3.63) is 46.9 Å². The number of hydrogen-bond acceptors (Lipinski definition) is 5. The van der Waals surface area contributed by atoms with Gasteiger partial charge in [0, 0.05) is 35.7 Å². The quantitative estimate of drug-likeness (QED) is 0.539. The van der Waals surface area contributed by atoms with E-state index in [0.29, 0.717) is 32.3 Å². The Labute approximate surface area is 190 Å². The van der Waals surface area contributed by atoms with E-state index in [9.17, 15) is 20.1 Å². The topological polar surface area (TPSA) is 87.0 Å². The summed E-state index contributed by atoms with van der Waals surface area (Å²) >= 11 is 0. The van der Waals surface area contributed by atoms with Crippen molar-refractivity contribution in [1.82, 2.24) is 0 Å². The number of hydrogen-bond donors (Lipinski definition) is 3. The lowest BCUT2D eigenvalue weighted by Crippen LogP contribution is -2.43. The van der Waals surface area contributed by atoms with Crippen LogP contribution in [0.1, 0.15) is 65.0 Å². The Balaban J connectivity index is 1.56. The molecule has 174 valence electrons. The highest BCUT2D eigenvalue weighted by atomic mass is 16.5. The maximum Gasteiger partial charge on any atom is 0.134 e. The molecule has 4 unspecified atom stereocenters. The van der Waals surface area contributed by atoms with Gasteiger partial charge in [0.25, 0.3) is 0 Å². The number of aromatic hydroxyl groups is 1. The molecule has 5 nitrogen and oxygen atoms in total. The summed E-state index contributed by atoms with van der Waals surface area (Å²) < 4.78 is 6.04. The Kier molecular flexibility index (Phi) is 5.00. The zero-order valence-electron chi connectivity index (χ0n) is 20.1. The van der Waals surface area contributed by atoms with Gasteiger partial charge in [-0.25, -0.2) is 0 Å². The van der Waals surface area contributed by atoms with Crippen LogP contribution < -0.4 is 4.74 Å². The average Bonchev–Trinajstić information content (AvgIpc) is 2.73. The number of rotatable bonds is 4. The Hall–Kier alpha value is -2.43. The number of fused-ring (bicyclic) bond motifs is 3. The molecule has 1 heterocycles. The Morgan fingerprint density at radius 1 is 1.09 bits per heavy atom. The normalized spacial score (nSPS) is 35.2. The Bertz CT molecular complexity index is 1030. The van der Waals surface area contributed by atoms with Crippen LogP contribution >= 0.6 is 0 Å². The van der Waals surface area contributed by atoms with E-state index in [4.69, 9.17) is 4.74 Å².